The minimum Gasteiger partial charge on any atom is -0.394 e. The van der Waals surface area contributed by atoms with Crippen LogP contribution in [0.2, 0.25) is 5.15 Å². The van der Waals surface area contributed by atoms with E-state index in [0.717, 1.165) is 5.56 Å². The average molecular weight is 315 g/mol. The van der Waals surface area contributed by atoms with Gasteiger partial charge in [0.05, 0.1) is 12.0 Å². The van der Waals surface area contributed by atoms with E-state index in [1.54, 1.807) is 6.20 Å². The number of hydrogen-bond donors (Lipinski definition) is 4. The molecule has 1 aliphatic heterocycles. The number of aryl methyl sites for hydroxylation is 1. The molecule has 0 aromatic carbocycles. The van der Waals surface area contributed by atoms with E-state index in [2.05, 4.69) is 9.97 Å². The Morgan fingerprint density at radius 3 is 2.71 bits per heavy atom. The van der Waals surface area contributed by atoms with Gasteiger partial charge in [0.1, 0.15) is 29.1 Å². The van der Waals surface area contributed by atoms with Crippen LogP contribution < -0.4 is 5.73 Å². The maximum atomic E-state index is 10.1. The largest absolute Gasteiger partial charge is 0.394 e. The number of nitrogens with two attached hydrogens (primary N) is 1. The maximum absolute atomic E-state index is 10.1. The number of fused-ring (bicyclic) bond motifs is 1. The molecule has 0 spiro atoms. The number of anilines is 1. The van der Waals surface area contributed by atoms with E-state index in [-0.39, 0.29) is 11.1 Å². The predicted octanol–water partition coefficient (Wildman–Crippen LogP) is -0.413. The molecule has 0 aliphatic carbocycles. The number of aliphatic hydroxyl groups excluding tert-OH is 3. The maximum Gasteiger partial charge on any atom is 0.223 e. The van der Waals surface area contributed by atoms with Crippen LogP contribution in [0.1, 0.15) is 11.8 Å². The van der Waals surface area contributed by atoms with E-state index in [0.29, 0.717) is 11.0 Å². The lowest BCUT2D eigenvalue weighted by Gasteiger charge is -2.17. The molecule has 21 heavy (non-hydrogen) atoms. The van der Waals surface area contributed by atoms with Gasteiger partial charge in [0.15, 0.2) is 6.23 Å². The van der Waals surface area contributed by atoms with E-state index < -0.39 is 31.1 Å². The molecule has 0 amide bonds. The molecule has 2 aromatic rings. The van der Waals surface area contributed by atoms with Crippen LogP contribution in [0.5, 0.6) is 0 Å². The van der Waals surface area contributed by atoms with E-state index in [9.17, 15) is 10.2 Å². The van der Waals surface area contributed by atoms with Gasteiger partial charge in [-0.25, -0.2) is 4.98 Å². The first kappa shape index (κ1) is 14.5. The third-order valence-electron chi connectivity index (χ3n) is 3.63. The van der Waals surface area contributed by atoms with Gasteiger partial charge in [-0.15, -0.1) is 0 Å². The molecule has 1 fully saturated rings. The van der Waals surface area contributed by atoms with Crippen LogP contribution in [0.3, 0.4) is 0 Å². The van der Waals surface area contributed by atoms with Gasteiger partial charge in [-0.3, -0.25) is 0 Å². The zero-order chi connectivity index (χ0) is 15.3. The van der Waals surface area contributed by atoms with E-state index >= 15 is 0 Å². The second-order valence-electron chi connectivity index (χ2n) is 5.02. The van der Waals surface area contributed by atoms with Gasteiger partial charge in [0.25, 0.3) is 0 Å². The van der Waals surface area contributed by atoms with Crippen LogP contribution in [-0.2, 0) is 4.74 Å². The number of halogens is 1. The van der Waals surface area contributed by atoms with E-state index in [4.69, 9.17) is 27.2 Å². The molecule has 3 rings (SSSR count). The Morgan fingerprint density at radius 2 is 2.10 bits per heavy atom. The highest BCUT2D eigenvalue weighted by atomic mass is 35.5. The quantitative estimate of drug-likeness (QED) is 0.555. The Morgan fingerprint density at radius 1 is 1.38 bits per heavy atom. The molecular weight excluding hydrogens is 300 g/mol. The van der Waals surface area contributed by atoms with Crippen molar-refractivity contribution < 1.29 is 20.1 Å². The third-order valence-corrected chi connectivity index (χ3v) is 3.90. The fourth-order valence-corrected chi connectivity index (χ4v) is 2.92. The van der Waals surface area contributed by atoms with Crippen LogP contribution >= 0.6 is 11.6 Å². The number of aromatic nitrogens is 3. The summed E-state index contributed by atoms with van der Waals surface area (Å²) >= 11 is 6.07. The van der Waals surface area contributed by atoms with Crippen molar-refractivity contribution in [3.63, 3.8) is 0 Å². The molecule has 4 atom stereocenters. The molecule has 0 bridgehead atoms. The molecular formula is C12H15ClN4O4. The number of aliphatic hydroxyl groups is 3. The van der Waals surface area contributed by atoms with Gasteiger partial charge in [-0.05, 0) is 12.5 Å². The molecule has 1 saturated heterocycles. The number of ether oxygens (including phenoxy) is 1. The van der Waals surface area contributed by atoms with Crippen molar-refractivity contribution in [2.45, 2.75) is 31.5 Å². The summed E-state index contributed by atoms with van der Waals surface area (Å²) < 4.78 is 7.03. The lowest BCUT2D eigenvalue weighted by atomic mass is 10.1. The fraction of sp³-hybridized carbons (Fsp3) is 0.500. The summed E-state index contributed by atoms with van der Waals surface area (Å²) in [5.74, 6) is -0.00130. The Kier molecular flexibility index (Phi) is 3.50. The Hall–Kier alpha value is -1.45. The molecule has 114 valence electrons. The van der Waals surface area contributed by atoms with Crippen LogP contribution in [0.25, 0.3) is 11.0 Å². The lowest BCUT2D eigenvalue weighted by molar-refractivity contribution is -0.0508. The van der Waals surface area contributed by atoms with Crippen LogP contribution in [-0.4, -0.2) is 54.8 Å². The average Bonchev–Trinajstić information content (AvgIpc) is 2.89. The van der Waals surface area contributed by atoms with Crippen molar-refractivity contribution in [2.75, 3.05) is 12.3 Å². The molecule has 5 N–H and O–H groups in total. The zero-order valence-electron chi connectivity index (χ0n) is 11.1. The lowest BCUT2D eigenvalue weighted by Crippen LogP contribution is -2.33. The summed E-state index contributed by atoms with van der Waals surface area (Å²) in [5, 5.41) is 29.9. The van der Waals surface area contributed by atoms with Gasteiger partial charge in [-0.2, -0.15) is 4.98 Å². The van der Waals surface area contributed by atoms with Crippen LogP contribution in [0.4, 0.5) is 5.95 Å². The first-order chi connectivity index (χ1) is 9.93. The monoisotopic (exact) mass is 314 g/mol. The normalized spacial score (nSPS) is 29.4. The second-order valence-corrected chi connectivity index (χ2v) is 5.38. The van der Waals surface area contributed by atoms with E-state index in [1.807, 2.05) is 6.92 Å². The van der Waals surface area contributed by atoms with Crippen molar-refractivity contribution in [3.05, 3.63) is 16.9 Å². The molecule has 1 unspecified atom stereocenters. The highest BCUT2D eigenvalue weighted by Gasteiger charge is 2.44. The van der Waals surface area contributed by atoms with Crippen LogP contribution in [0, 0.1) is 6.92 Å². The topological polar surface area (TPSA) is 127 Å². The van der Waals surface area contributed by atoms with Gasteiger partial charge < -0.3 is 30.4 Å². The highest BCUT2D eigenvalue weighted by molar-refractivity contribution is 6.34. The number of hydrogen-bond acceptors (Lipinski definition) is 7. The number of nitrogens with zero attached hydrogens (tertiary/aromatic N) is 3. The van der Waals surface area contributed by atoms with Crippen molar-refractivity contribution in [1.29, 1.82) is 0 Å². The Bertz CT molecular complexity index is 691. The van der Waals surface area contributed by atoms with Gasteiger partial charge >= 0.3 is 0 Å². The summed E-state index contributed by atoms with van der Waals surface area (Å²) in [6, 6.07) is 0. The summed E-state index contributed by atoms with van der Waals surface area (Å²) in [6.07, 6.45) is -2.46. The summed E-state index contributed by atoms with van der Waals surface area (Å²) in [4.78, 5) is 8.02. The number of nitrogen functional groups attached to an aromatic ring is 1. The van der Waals surface area contributed by atoms with Crippen LogP contribution in [0.15, 0.2) is 6.20 Å². The molecule has 2 aromatic heterocycles. The summed E-state index contributed by atoms with van der Waals surface area (Å²) in [5.41, 5.74) is 6.79. The summed E-state index contributed by atoms with van der Waals surface area (Å²) in [6.45, 7) is 1.41. The Balaban J connectivity index is 2.13. The Labute approximate surface area is 124 Å². The van der Waals surface area contributed by atoms with Crippen molar-refractivity contribution in [2.24, 2.45) is 0 Å². The second kappa shape index (κ2) is 5.08. The third kappa shape index (κ3) is 2.16. The SMILES string of the molecule is Cc1cn(C2O[C@H](CO)[C@@H](O)[C@@H]2O)c2nc(N)nc(Cl)c12. The van der Waals surface area contributed by atoms with Crippen molar-refractivity contribution >= 4 is 28.6 Å². The van der Waals surface area contributed by atoms with Gasteiger partial charge in [0.2, 0.25) is 5.95 Å². The molecule has 1 aliphatic rings. The van der Waals surface area contributed by atoms with Gasteiger partial charge in [0, 0.05) is 6.20 Å². The summed E-state index contributed by atoms with van der Waals surface area (Å²) in [7, 11) is 0. The zero-order valence-corrected chi connectivity index (χ0v) is 11.9. The molecule has 0 radical (unpaired) electrons. The minimum absolute atomic E-state index is 0.00130. The number of rotatable bonds is 2. The van der Waals surface area contributed by atoms with Crippen molar-refractivity contribution in [3.8, 4) is 0 Å². The first-order valence-corrected chi connectivity index (χ1v) is 6.74. The smallest absolute Gasteiger partial charge is 0.223 e. The molecule has 0 saturated carbocycles. The minimum atomic E-state index is -1.20. The van der Waals surface area contributed by atoms with Gasteiger partial charge in [-0.1, -0.05) is 11.6 Å². The first-order valence-electron chi connectivity index (χ1n) is 6.36. The highest BCUT2D eigenvalue weighted by Crippen LogP contribution is 2.35. The standard InChI is InChI=1S/C12H15ClN4O4/c1-4-2-17(10-6(4)9(13)15-12(14)16-10)11-8(20)7(19)5(3-18)21-11/h2,5,7-8,11,18-20H,3H2,1H3,(H2,14,15,16)/t5-,7-,8+,11?/m1/s1. The molecule has 9 heteroatoms. The molecule has 3 heterocycles. The van der Waals surface area contributed by atoms with Crippen molar-refractivity contribution in [1.82, 2.24) is 14.5 Å². The predicted molar refractivity (Wildman–Crippen MR) is 74.7 cm³/mol. The fourth-order valence-electron chi connectivity index (χ4n) is 2.60. The van der Waals surface area contributed by atoms with E-state index in [1.165, 1.54) is 4.57 Å². The molecule has 8 nitrogen and oxygen atoms in total.